The van der Waals surface area contributed by atoms with Gasteiger partial charge >= 0.3 is 0 Å². The van der Waals surface area contributed by atoms with E-state index in [2.05, 4.69) is 19.2 Å². The molecular weight excluding hydrogens is 284 g/mol. The van der Waals surface area contributed by atoms with Crippen molar-refractivity contribution >= 4 is 10.0 Å². The van der Waals surface area contributed by atoms with Crippen LogP contribution in [0.1, 0.15) is 32.8 Å². The van der Waals surface area contributed by atoms with Gasteiger partial charge in [-0.05, 0) is 31.0 Å². The lowest BCUT2D eigenvalue weighted by molar-refractivity contribution is 0.431. The van der Waals surface area contributed by atoms with Crippen LogP contribution in [-0.4, -0.2) is 31.9 Å². The maximum absolute atomic E-state index is 12.7. The first kappa shape index (κ1) is 16.2. The van der Waals surface area contributed by atoms with E-state index in [-0.39, 0.29) is 0 Å². The van der Waals surface area contributed by atoms with Crippen molar-refractivity contribution in [1.29, 1.82) is 0 Å². The standard InChI is InChI=1S/C16H24N2O2S/c1-13(2)17-12-15-5-4-6-16(11-15)21(19,20)18-9-7-14(3)8-10-18/h4-7,11,13,17H,8-10,12H2,1-3H3. The third-order valence-electron chi connectivity index (χ3n) is 3.65. The highest BCUT2D eigenvalue weighted by molar-refractivity contribution is 7.89. The Labute approximate surface area is 127 Å². The van der Waals surface area contributed by atoms with Crippen LogP contribution in [0.5, 0.6) is 0 Å². The van der Waals surface area contributed by atoms with E-state index in [1.54, 1.807) is 16.4 Å². The number of hydrogen-bond donors (Lipinski definition) is 1. The van der Waals surface area contributed by atoms with Crippen molar-refractivity contribution < 1.29 is 8.42 Å². The van der Waals surface area contributed by atoms with E-state index in [0.717, 1.165) is 12.0 Å². The van der Waals surface area contributed by atoms with Gasteiger partial charge < -0.3 is 5.32 Å². The van der Waals surface area contributed by atoms with E-state index in [1.807, 2.05) is 25.1 Å². The number of nitrogens with zero attached hydrogens (tertiary/aromatic N) is 1. The zero-order valence-corrected chi connectivity index (χ0v) is 13.8. The molecule has 0 saturated carbocycles. The Bertz CT molecular complexity index is 621. The van der Waals surface area contributed by atoms with Crippen molar-refractivity contribution in [1.82, 2.24) is 9.62 Å². The van der Waals surface area contributed by atoms with Crippen molar-refractivity contribution in [3.05, 3.63) is 41.5 Å². The molecule has 0 unspecified atom stereocenters. The topological polar surface area (TPSA) is 49.4 Å². The summed E-state index contributed by atoms with van der Waals surface area (Å²) in [6.07, 6.45) is 2.80. The summed E-state index contributed by atoms with van der Waals surface area (Å²) in [6.45, 7) is 7.91. The van der Waals surface area contributed by atoms with E-state index in [1.165, 1.54) is 5.57 Å². The first-order valence-electron chi connectivity index (χ1n) is 7.37. The quantitative estimate of drug-likeness (QED) is 0.850. The number of nitrogens with one attached hydrogen (secondary N) is 1. The number of hydrogen-bond acceptors (Lipinski definition) is 3. The third-order valence-corrected chi connectivity index (χ3v) is 5.51. The van der Waals surface area contributed by atoms with Gasteiger partial charge in [0.2, 0.25) is 10.0 Å². The molecule has 1 aliphatic rings. The van der Waals surface area contributed by atoms with Crippen LogP contribution in [0.25, 0.3) is 0 Å². The van der Waals surface area contributed by atoms with Crippen molar-refractivity contribution in [2.75, 3.05) is 13.1 Å². The molecule has 5 heteroatoms. The Morgan fingerprint density at radius 3 is 2.71 bits per heavy atom. The smallest absolute Gasteiger partial charge is 0.243 e. The summed E-state index contributed by atoms with van der Waals surface area (Å²) < 4.78 is 26.9. The van der Waals surface area contributed by atoms with E-state index in [0.29, 0.717) is 30.6 Å². The van der Waals surface area contributed by atoms with E-state index in [9.17, 15) is 8.42 Å². The average Bonchev–Trinajstić information content (AvgIpc) is 2.46. The fourth-order valence-electron chi connectivity index (χ4n) is 2.26. The summed E-state index contributed by atoms with van der Waals surface area (Å²) in [4.78, 5) is 0.388. The molecule has 0 saturated heterocycles. The molecule has 0 aromatic heterocycles. The highest BCUT2D eigenvalue weighted by Gasteiger charge is 2.25. The summed E-state index contributed by atoms with van der Waals surface area (Å²) in [5.74, 6) is 0. The molecule has 0 bridgehead atoms. The second kappa shape index (κ2) is 6.73. The van der Waals surface area contributed by atoms with Crippen LogP contribution in [0.3, 0.4) is 0 Å². The third kappa shape index (κ3) is 4.15. The SMILES string of the molecule is CC1=CCN(S(=O)(=O)c2cccc(CNC(C)C)c2)CC1. The molecule has 0 atom stereocenters. The van der Waals surface area contributed by atoms with Crippen LogP contribution >= 0.6 is 0 Å². The van der Waals surface area contributed by atoms with Gasteiger partial charge in [-0.3, -0.25) is 0 Å². The van der Waals surface area contributed by atoms with Crippen LogP contribution in [-0.2, 0) is 16.6 Å². The molecule has 1 N–H and O–H groups in total. The van der Waals surface area contributed by atoms with Crippen LogP contribution in [0, 0.1) is 0 Å². The Kier molecular flexibility index (Phi) is 5.19. The largest absolute Gasteiger partial charge is 0.310 e. The second-order valence-electron chi connectivity index (χ2n) is 5.85. The maximum atomic E-state index is 12.7. The number of benzene rings is 1. The highest BCUT2D eigenvalue weighted by Crippen LogP contribution is 2.21. The maximum Gasteiger partial charge on any atom is 0.243 e. The van der Waals surface area contributed by atoms with E-state index < -0.39 is 10.0 Å². The fourth-order valence-corrected chi connectivity index (χ4v) is 3.71. The Morgan fingerprint density at radius 2 is 2.10 bits per heavy atom. The summed E-state index contributed by atoms with van der Waals surface area (Å²) in [5, 5.41) is 3.31. The summed E-state index contributed by atoms with van der Waals surface area (Å²) >= 11 is 0. The minimum atomic E-state index is -3.39. The Hall–Kier alpha value is -1.17. The van der Waals surface area contributed by atoms with Crippen LogP contribution in [0.4, 0.5) is 0 Å². The molecule has 0 fully saturated rings. The first-order valence-corrected chi connectivity index (χ1v) is 8.81. The lowest BCUT2D eigenvalue weighted by atomic mass is 10.1. The molecule has 1 heterocycles. The molecule has 116 valence electrons. The molecule has 4 nitrogen and oxygen atoms in total. The highest BCUT2D eigenvalue weighted by atomic mass is 32.2. The molecule has 0 aliphatic carbocycles. The lowest BCUT2D eigenvalue weighted by Gasteiger charge is -2.25. The molecule has 0 spiro atoms. The summed E-state index contributed by atoms with van der Waals surface area (Å²) in [7, 11) is -3.39. The molecule has 0 radical (unpaired) electrons. The molecule has 1 aromatic rings. The van der Waals surface area contributed by atoms with Crippen LogP contribution < -0.4 is 5.32 Å². The minimum absolute atomic E-state index is 0.375. The Balaban J connectivity index is 2.18. The number of sulfonamides is 1. The van der Waals surface area contributed by atoms with Gasteiger partial charge in [-0.1, -0.05) is 37.6 Å². The van der Waals surface area contributed by atoms with Crippen LogP contribution in [0.15, 0.2) is 40.8 Å². The predicted molar refractivity (Wildman–Crippen MR) is 85.6 cm³/mol. The zero-order valence-electron chi connectivity index (χ0n) is 13.0. The molecule has 0 amide bonds. The number of rotatable bonds is 5. The van der Waals surface area contributed by atoms with Gasteiger partial charge in [0, 0.05) is 25.7 Å². The molecule has 1 aromatic carbocycles. The van der Waals surface area contributed by atoms with Gasteiger partial charge in [-0.2, -0.15) is 4.31 Å². The average molecular weight is 308 g/mol. The van der Waals surface area contributed by atoms with Crippen molar-refractivity contribution in [3.8, 4) is 0 Å². The minimum Gasteiger partial charge on any atom is -0.310 e. The van der Waals surface area contributed by atoms with Gasteiger partial charge in [0.05, 0.1) is 4.90 Å². The van der Waals surface area contributed by atoms with Crippen molar-refractivity contribution in [2.45, 2.75) is 44.7 Å². The van der Waals surface area contributed by atoms with Crippen LogP contribution in [0.2, 0.25) is 0 Å². The lowest BCUT2D eigenvalue weighted by Crippen LogP contribution is -2.34. The predicted octanol–water partition coefficient (Wildman–Crippen LogP) is 2.53. The van der Waals surface area contributed by atoms with Gasteiger partial charge in [-0.25, -0.2) is 8.42 Å². The molecule has 21 heavy (non-hydrogen) atoms. The Morgan fingerprint density at radius 1 is 1.33 bits per heavy atom. The zero-order chi connectivity index (χ0) is 15.5. The second-order valence-corrected chi connectivity index (χ2v) is 7.78. The monoisotopic (exact) mass is 308 g/mol. The van der Waals surface area contributed by atoms with Gasteiger partial charge in [0.15, 0.2) is 0 Å². The van der Waals surface area contributed by atoms with Crippen molar-refractivity contribution in [2.24, 2.45) is 0 Å². The van der Waals surface area contributed by atoms with Gasteiger partial charge in [0.25, 0.3) is 0 Å². The first-order chi connectivity index (χ1) is 9.89. The summed E-state index contributed by atoms with van der Waals surface area (Å²) in [6, 6.07) is 7.60. The summed E-state index contributed by atoms with van der Waals surface area (Å²) in [5.41, 5.74) is 2.25. The van der Waals surface area contributed by atoms with Crippen molar-refractivity contribution in [3.63, 3.8) is 0 Å². The molecular formula is C16H24N2O2S. The van der Waals surface area contributed by atoms with Gasteiger partial charge in [0.1, 0.15) is 0 Å². The van der Waals surface area contributed by atoms with E-state index in [4.69, 9.17) is 0 Å². The van der Waals surface area contributed by atoms with E-state index >= 15 is 0 Å². The molecule has 1 aliphatic heterocycles. The molecule has 2 rings (SSSR count). The fraction of sp³-hybridized carbons (Fsp3) is 0.500. The normalized spacial score (nSPS) is 17.0. The van der Waals surface area contributed by atoms with Gasteiger partial charge in [-0.15, -0.1) is 0 Å².